The average molecular weight is 358 g/mol. The zero-order valence-corrected chi connectivity index (χ0v) is 15.5. The Balaban J connectivity index is 1.81. The van der Waals surface area contributed by atoms with E-state index < -0.39 is 6.04 Å². The van der Waals surface area contributed by atoms with Crippen molar-refractivity contribution in [3.05, 3.63) is 41.1 Å². The summed E-state index contributed by atoms with van der Waals surface area (Å²) in [5, 5.41) is 5.51. The molecule has 1 saturated carbocycles. The molecule has 1 aliphatic carbocycles. The summed E-state index contributed by atoms with van der Waals surface area (Å²) >= 11 is 0. The van der Waals surface area contributed by atoms with Crippen LogP contribution < -0.4 is 15.4 Å². The summed E-state index contributed by atoms with van der Waals surface area (Å²) in [5.41, 5.74) is 1.79. The molecule has 3 rings (SSSR count). The minimum absolute atomic E-state index is 0.0480. The normalized spacial score (nSPS) is 26.0. The van der Waals surface area contributed by atoms with Crippen LogP contribution in [0.25, 0.3) is 0 Å². The van der Waals surface area contributed by atoms with E-state index >= 15 is 0 Å². The van der Waals surface area contributed by atoms with Gasteiger partial charge in [-0.1, -0.05) is 19.1 Å². The van der Waals surface area contributed by atoms with E-state index in [2.05, 4.69) is 17.6 Å². The van der Waals surface area contributed by atoms with Gasteiger partial charge < -0.3 is 20.1 Å². The van der Waals surface area contributed by atoms with Crippen molar-refractivity contribution in [2.45, 2.75) is 51.7 Å². The van der Waals surface area contributed by atoms with Crippen LogP contribution in [0.2, 0.25) is 0 Å². The Bertz CT molecular complexity index is 703. The van der Waals surface area contributed by atoms with Crippen LogP contribution in [0.1, 0.15) is 51.1 Å². The van der Waals surface area contributed by atoms with E-state index in [9.17, 15) is 9.59 Å². The van der Waals surface area contributed by atoms with E-state index in [0.717, 1.165) is 37.0 Å². The van der Waals surface area contributed by atoms with Crippen LogP contribution in [0.15, 0.2) is 35.5 Å². The number of carbonyl (C=O) groups is 2. The predicted octanol–water partition coefficient (Wildman–Crippen LogP) is 3.45. The maximum atomic E-state index is 12.9. The lowest BCUT2D eigenvalue weighted by Crippen LogP contribution is -2.45. The third kappa shape index (κ3) is 4.00. The van der Waals surface area contributed by atoms with Gasteiger partial charge >= 0.3 is 12.0 Å². The van der Waals surface area contributed by atoms with Crippen LogP contribution in [0.3, 0.4) is 0 Å². The average Bonchev–Trinajstić information content (AvgIpc) is 2.63. The monoisotopic (exact) mass is 358 g/mol. The molecule has 1 atom stereocenters. The van der Waals surface area contributed by atoms with Crippen molar-refractivity contribution < 1.29 is 19.1 Å². The number of amides is 2. The van der Waals surface area contributed by atoms with Crippen molar-refractivity contribution in [3.63, 3.8) is 0 Å². The molecule has 2 amide bonds. The molecule has 1 aromatic carbocycles. The summed E-state index contributed by atoms with van der Waals surface area (Å²) in [7, 11) is 1.60. The number of benzene rings is 1. The molecule has 0 radical (unpaired) electrons. The molecule has 6 heteroatoms. The van der Waals surface area contributed by atoms with Gasteiger partial charge in [-0.2, -0.15) is 0 Å². The molecule has 1 aliphatic heterocycles. The maximum Gasteiger partial charge on any atom is 0.338 e. The van der Waals surface area contributed by atoms with E-state index in [-0.39, 0.29) is 18.1 Å². The molecule has 26 heavy (non-hydrogen) atoms. The lowest BCUT2D eigenvalue weighted by Gasteiger charge is -2.31. The third-order valence-electron chi connectivity index (χ3n) is 5.17. The van der Waals surface area contributed by atoms with Crippen molar-refractivity contribution in [3.8, 4) is 5.75 Å². The topological polar surface area (TPSA) is 76.7 Å². The lowest BCUT2D eigenvalue weighted by atomic mass is 9.89. The van der Waals surface area contributed by atoms with Gasteiger partial charge in [-0.05, 0) is 56.2 Å². The highest BCUT2D eigenvalue weighted by atomic mass is 16.5. The number of rotatable bonds is 4. The summed E-state index contributed by atoms with van der Waals surface area (Å²) in [6.07, 6.45) is 3.89. The molecule has 0 aromatic heterocycles. The molecule has 0 spiro atoms. The first-order chi connectivity index (χ1) is 12.5. The molecule has 1 fully saturated rings. The fourth-order valence-electron chi connectivity index (χ4n) is 3.57. The first kappa shape index (κ1) is 18.3. The standard InChI is InChI=1S/C20H26N2O4/c1-12-4-8-16(9-5-12)26-19(23)17-13(2)21-20(24)22-18(17)14-6-10-15(25-3)11-7-14/h6-7,10-12,16,18H,4-5,8-9H2,1-3H3,(H2,21,22,24)/t12?,16?,18-/m1/s1. The van der Waals surface area contributed by atoms with Gasteiger partial charge in [-0.15, -0.1) is 0 Å². The Kier molecular flexibility index (Phi) is 5.49. The predicted molar refractivity (Wildman–Crippen MR) is 97.6 cm³/mol. The molecular weight excluding hydrogens is 332 g/mol. The van der Waals surface area contributed by atoms with Gasteiger partial charge in [0.2, 0.25) is 0 Å². The fraction of sp³-hybridized carbons (Fsp3) is 0.500. The second-order valence-corrected chi connectivity index (χ2v) is 7.13. The van der Waals surface area contributed by atoms with Crippen molar-refractivity contribution >= 4 is 12.0 Å². The van der Waals surface area contributed by atoms with E-state index in [1.165, 1.54) is 0 Å². The van der Waals surface area contributed by atoms with E-state index in [0.29, 0.717) is 17.2 Å². The Labute approximate surface area is 153 Å². The summed E-state index contributed by atoms with van der Waals surface area (Å²) < 4.78 is 10.9. The van der Waals surface area contributed by atoms with Gasteiger partial charge in [0, 0.05) is 5.70 Å². The van der Waals surface area contributed by atoms with Crippen LogP contribution in [0.4, 0.5) is 4.79 Å². The van der Waals surface area contributed by atoms with Crippen LogP contribution >= 0.6 is 0 Å². The van der Waals surface area contributed by atoms with Crippen molar-refractivity contribution in [1.82, 2.24) is 10.6 Å². The first-order valence-electron chi connectivity index (χ1n) is 9.11. The van der Waals surface area contributed by atoms with Crippen LogP contribution in [0, 0.1) is 5.92 Å². The van der Waals surface area contributed by atoms with Gasteiger partial charge in [-0.3, -0.25) is 0 Å². The van der Waals surface area contributed by atoms with Crippen molar-refractivity contribution in [2.75, 3.05) is 7.11 Å². The smallest absolute Gasteiger partial charge is 0.338 e. The highest BCUT2D eigenvalue weighted by Gasteiger charge is 2.34. The minimum atomic E-state index is -0.537. The number of carbonyl (C=O) groups excluding carboxylic acids is 2. The van der Waals surface area contributed by atoms with E-state index in [1.807, 2.05) is 24.3 Å². The van der Waals surface area contributed by atoms with Gasteiger partial charge in [0.25, 0.3) is 0 Å². The quantitative estimate of drug-likeness (QED) is 0.808. The van der Waals surface area contributed by atoms with Crippen LogP contribution in [-0.4, -0.2) is 25.2 Å². The summed E-state index contributed by atoms with van der Waals surface area (Å²) in [4.78, 5) is 24.8. The molecule has 0 bridgehead atoms. The number of esters is 1. The van der Waals surface area contributed by atoms with Gasteiger partial charge in [-0.25, -0.2) is 9.59 Å². The van der Waals surface area contributed by atoms with Gasteiger partial charge in [0.1, 0.15) is 11.9 Å². The fourth-order valence-corrected chi connectivity index (χ4v) is 3.57. The maximum absolute atomic E-state index is 12.9. The van der Waals surface area contributed by atoms with Crippen LogP contribution in [0.5, 0.6) is 5.75 Å². The number of urea groups is 1. The second-order valence-electron chi connectivity index (χ2n) is 7.13. The Hall–Kier alpha value is -2.50. The zero-order chi connectivity index (χ0) is 18.7. The van der Waals surface area contributed by atoms with E-state index in [1.54, 1.807) is 14.0 Å². The van der Waals surface area contributed by atoms with Crippen molar-refractivity contribution in [1.29, 1.82) is 0 Å². The summed E-state index contributed by atoms with van der Waals surface area (Å²) in [6.45, 7) is 3.96. The molecule has 1 heterocycles. The molecule has 0 saturated heterocycles. The molecule has 1 aromatic rings. The molecule has 6 nitrogen and oxygen atoms in total. The highest BCUT2D eigenvalue weighted by Crippen LogP contribution is 2.31. The molecule has 2 N–H and O–H groups in total. The Morgan fingerprint density at radius 3 is 2.38 bits per heavy atom. The van der Waals surface area contributed by atoms with Gasteiger partial charge in [0.15, 0.2) is 0 Å². The lowest BCUT2D eigenvalue weighted by molar-refractivity contribution is -0.146. The highest BCUT2D eigenvalue weighted by molar-refractivity contribution is 5.95. The Morgan fingerprint density at radius 1 is 1.12 bits per heavy atom. The largest absolute Gasteiger partial charge is 0.497 e. The second kappa shape index (κ2) is 7.81. The molecule has 0 unspecified atom stereocenters. The number of hydrogen-bond acceptors (Lipinski definition) is 4. The van der Waals surface area contributed by atoms with Crippen LogP contribution in [-0.2, 0) is 9.53 Å². The number of hydrogen-bond donors (Lipinski definition) is 2. The third-order valence-corrected chi connectivity index (χ3v) is 5.17. The summed E-state index contributed by atoms with van der Waals surface area (Å²) in [6, 6.07) is 6.45. The number of allylic oxidation sites excluding steroid dienone is 1. The molecule has 2 aliphatic rings. The zero-order valence-electron chi connectivity index (χ0n) is 15.5. The minimum Gasteiger partial charge on any atom is -0.497 e. The van der Waals surface area contributed by atoms with E-state index in [4.69, 9.17) is 9.47 Å². The number of nitrogens with one attached hydrogen (secondary N) is 2. The Morgan fingerprint density at radius 2 is 1.77 bits per heavy atom. The SMILES string of the molecule is COc1ccc([C@H]2NC(=O)NC(C)=C2C(=O)OC2CCC(C)CC2)cc1. The molecular formula is C20H26N2O4. The van der Waals surface area contributed by atoms with Gasteiger partial charge in [0.05, 0.1) is 18.7 Å². The molecule has 140 valence electrons. The number of methoxy groups -OCH3 is 1. The van der Waals surface area contributed by atoms with Crippen molar-refractivity contribution in [2.24, 2.45) is 5.92 Å². The number of ether oxygens (including phenoxy) is 2. The summed E-state index contributed by atoms with van der Waals surface area (Å²) in [5.74, 6) is 1.04. The first-order valence-corrected chi connectivity index (χ1v) is 9.11.